The molecule has 5 rings (SSSR count). The molecule has 2 aromatic carbocycles. The average Bonchev–Trinajstić information content (AvgIpc) is 3.59. The zero-order valence-electron chi connectivity index (χ0n) is 25.2. The van der Waals surface area contributed by atoms with Crippen LogP contribution in [0.5, 0.6) is 17.2 Å². The lowest BCUT2D eigenvalue weighted by molar-refractivity contribution is -0.165. The van der Waals surface area contributed by atoms with E-state index in [2.05, 4.69) is 20.8 Å². The number of amides is 1. The fraction of sp³-hybridized carbons (Fsp3) is 0.559. The summed E-state index contributed by atoms with van der Waals surface area (Å²) in [6.07, 6.45) is 2.36. The maximum absolute atomic E-state index is 14.0. The standard InChI is InChI=1S/C34H43NO8/c1-33(2)23-12-13-34(33,3)30(19-23)43-32(42)25-5-4-14-35(25)31(41)22(15-20-6-9-24(36)10-7-20)18-29(40)28(39)17-21-8-11-26(37)27(38)16-21/h6-11,16,22-23,25,28,30,36-39H,4-5,12-15,17-19H2,1-3H3. The largest absolute Gasteiger partial charge is 0.508 e. The second-order valence-corrected chi connectivity index (χ2v) is 13.5. The van der Waals surface area contributed by atoms with Gasteiger partial charge in [0.2, 0.25) is 5.91 Å². The molecule has 2 saturated carbocycles. The lowest BCUT2D eigenvalue weighted by Gasteiger charge is -2.39. The van der Waals surface area contributed by atoms with Gasteiger partial charge in [0.1, 0.15) is 24.0 Å². The number of benzene rings is 2. The summed E-state index contributed by atoms with van der Waals surface area (Å²) in [5.74, 6) is -2.18. The zero-order chi connectivity index (χ0) is 31.1. The third-order valence-electron chi connectivity index (χ3n) is 10.8. The molecule has 232 valence electrons. The molecule has 1 aliphatic heterocycles. The van der Waals surface area contributed by atoms with Crippen LogP contribution in [-0.4, -0.2) is 67.8 Å². The van der Waals surface area contributed by atoms with Crippen LogP contribution in [-0.2, 0) is 32.0 Å². The van der Waals surface area contributed by atoms with Gasteiger partial charge in [-0.05, 0) is 85.3 Å². The number of aliphatic hydroxyl groups excluding tert-OH is 1. The minimum Gasteiger partial charge on any atom is -0.508 e. The molecule has 1 heterocycles. The maximum Gasteiger partial charge on any atom is 0.329 e. The Morgan fingerprint density at radius 2 is 1.65 bits per heavy atom. The first-order valence-electron chi connectivity index (χ1n) is 15.3. The molecule has 4 N–H and O–H groups in total. The Bertz CT molecular complexity index is 1370. The number of carbonyl (C=O) groups excluding carboxylic acids is 3. The number of carbonyl (C=O) groups is 3. The van der Waals surface area contributed by atoms with Gasteiger partial charge in [-0.3, -0.25) is 9.59 Å². The first-order valence-corrected chi connectivity index (χ1v) is 15.3. The quantitative estimate of drug-likeness (QED) is 0.236. The highest BCUT2D eigenvalue weighted by Gasteiger charge is 2.63. The molecule has 3 aliphatic rings. The van der Waals surface area contributed by atoms with E-state index >= 15 is 0 Å². The monoisotopic (exact) mass is 593 g/mol. The zero-order valence-corrected chi connectivity index (χ0v) is 25.2. The Kier molecular flexibility index (Phi) is 8.49. The van der Waals surface area contributed by atoms with Crippen LogP contribution in [0.15, 0.2) is 42.5 Å². The highest BCUT2D eigenvalue weighted by molar-refractivity contribution is 5.91. The molecule has 6 atom stereocenters. The minimum atomic E-state index is -1.43. The predicted molar refractivity (Wildman–Crippen MR) is 158 cm³/mol. The molecule has 0 spiro atoms. The van der Waals surface area contributed by atoms with Crippen molar-refractivity contribution in [1.29, 1.82) is 0 Å². The van der Waals surface area contributed by atoms with Crippen LogP contribution in [0.25, 0.3) is 0 Å². The van der Waals surface area contributed by atoms with Crippen LogP contribution in [0.4, 0.5) is 0 Å². The van der Waals surface area contributed by atoms with E-state index in [4.69, 9.17) is 4.74 Å². The molecule has 0 radical (unpaired) electrons. The second-order valence-electron chi connectivity index (χ2n) is 13.5. The third-order valence-corrected chi connectivity index (χ3v) is 10.8. The smallest absolute Gasteiger partial charge is 0.329 e. The number of hydrogen-bond donors (Lipinski definition) is 4. The first kappa shape index (κ1) is 30.9. The second kappa shape index (κ2) is 11.8. The number of rotatable bonds is 10. The summed E-state index contributed by atoms with van der Waals surface area (Å²) in [6, 6.07) is 9.73. The van der Waals surface area contributed by atoms with E-state index < -0.39 is 23.8 Å². The predicted octanol–water partition coefficient (Wildman–Crippen LogP) is 4.27. The molecule has 1 saturated heterocycles. The van der Waals surface area contributed by atoms with E-state index in [1.165, 1.54) is 30.3 Å². The van der Waals surface area contributed by atoms with Crippen LogP contribution in [0.2, 0.25) is 0 Å². The molecule has 9 nitrogen and oxygen atoms in total. The Morgan fingerprint density at radius 1 is 0.953 bits per heavy atom. The summed E-state index contributed by atoms with van der Waals surface area (Å²) in [5.41, 5.74) is 1.17. The van der Waals surface area contributed by atoms with Crippen molar-refractivity contribution >= 4 is 17.7 Å². The van der Waals surface area contributed by atoms with E-state index in [9.17, 15) is 34.8 Å². The van der Waals surface area contributed by atoms with E-state index in [1.807, 2.05) is 0 Å². The lowest BCUT2D eigenvalue weighted by atomic mass is 9.70. The summed E-state index contributed by atoms with van der Waals surface area (Å²) < 4.78 is 6.16. The van der Waals surface area contributed by atoms with E-state index in [0.717, 1.165) is 24.8 Å². The summed E-state index contributed by atoms with van der Waals surface area (Å²) >= 11 is 0. The highest BCUT2D eigenvalue weighted by atomic mass is 16.5. The molecule has 2 aromatic rings. The van der Waals surface area contributed by atoms with Gasteiger partial charge >= 0.3 is 5.97 Å². The molecule has 1 amide bonds. The van der Waals surface area contributed by atoms with Crippen molar-refractivity contribution in [2.45, 2.75) is 90.4 Å². The lowest BCUT2D eigenvalue weighted by Crippen LogP contribution is -2.47. The maximum atomic E-state index is 14.0. The van der Waals surface area contributed by atoms with Crippen molar-refractivity contribution in [3.63, 3.8) is 0 Å². The molecular formula is C34H43NO8. The number of aliphatic hydroxyl groups is 1. The normalized spacial score (nSPS) is 27.2. The van der Waals surface area contributed by atoms with Crippen molar-refractivity contribution in [2.24, 2.45) is 22.7 Å². The van der Waals surface area contributed by atoms with Gasteiger partial charge in [-0.1, -0.05) is 39.0 Å². The number of likely N-dealkylation sites (tertiary alicyclic amines) is 1. The van der Waals surface area contributed by atoms with Crippen molar-refractivity contribution in [2.75, 3.05) is 6.54 Å². The molecule has 0 aromatic heterocycles. The van der Waals surface area contributed by atoms with Crippen molar-refractivity contribution < 1.29 is 39.5 Å². The van der Waals surface area contributed by atoms with Gasteiger partial charge in [0.25, 0.3) is 0 Å². The van der Waals surface area contributed by atoms with Crippen LogP contribution in [0.1, 0.15) is 70.4 Å². The highest BCUT2D eigenvalue weighted by Crippen LogP contribution is 2.66. The van der Waals surface area contributed by atoms with Crippen molar-refractivity contribution in [3.8, 4) is 17.2 Å². The summed E-state index contributed by atoms with van der Waals surface area (Å²) in [7, 11) is 0. The topological polar surface area (TPSA) is 145 Å². The molecule has 3 fully saturated rings. The number of esters is 1. The van der Waals surface area contributed by atoms with Gasteiger partial charge < -0.3 is 30.1 Å². The first-order chi connectivity index (χ1) is 20.3. The fourth-order valence-corrected chi connectivity index (χ4v) is 7.61. The Labute approximate surface area is 252 Å². The number of Topliss-reactive ketones (excluding diaryl/α,β-unsaturated/α-hetero) is 1. The van der Waals surface area contributed by atoms with Gasteiger partial charge in [-0.25, -0.2) is 4.79 Å². The van der Waals surface area contributed by atoms with Crippen molar-refractivity contribution in [3.05, 3.63) is 53.6 Å². The van der Waals surface area contributed by atoms with Crippen LogP contribution in [0, 0.1) is 22.7 Å². The third kappa shape index (κ3) is 5.96. The number of aromatic hydroxyl groups is 3. The number of phenols is 3. The van der Waals surface area contributed by atoms with Crippen LogP contribution < -0.4 is 0 Å². The molecule has 6 unspecified atom stereocenters. The van der Waals surface area contributed by atoms with Gasteiger partial charge in [-0.15, -0.1) is 0 Å². The molecular weight excluding hydrogens is 550 g/mol. The summed E-state index contributed by atoms with van der Waals surface area (Å²) in [5, 5.41) is 39.8. The van der Waals surface area contributed by atoms with Crippen molar-refractivity contribution in [1.82, 2.24) is 4.90 Å². The fourth-order valence-electron chi connectivity index (χ4n) is 7.61. The molecule has 9 heteroatoms. The van der Waals surface area contributed by atoms with Crippen LogP contribution in [0.3, 0.4) is 0 Å². The molecule has 43 heavy (non-hydrogen) atoms. The Hall–Kier alpha value is -3.59. The summed E-state index contributed by atoms with van der Waals surface area (Å²) in [6.45, 7) is 7.10. The molecule has 2 aliphatic carbocycles. The number of nitrogens with zero attached hydrogens (tertiary/aromatic N) is 1. The van der Waals surface area contributed by atoms with Gasteiger partial charge in [0.15, 0.2) is 17.3 Å². The van der Waals surface area contributed by atoms with E-state index in [1.54, 1.807) is 17.0 Å². The van der Waals surface area contributed by atoms with E-state index in [-0.39, 0.29) is 65.3 Å². The summed E-state index contributed by atoms with van der Waals surface area (Å²) in [4.78, 5) is 42.4. The van der Waals surface area contributed by atoms with Crippen LogP contribution >= 0.6 is 0 Å². The molecule has 2 bridgehead atoms. The number of ether oxygens (including phenoxy) is 1. The van der Waals surface area contributed by atoms with Gasteiger partial charge in [0, 0.05) is 30.7 Å². The average molecular weight is 594 g/mol. The number of phenolic OH excluding ortho intramolecular Hbond substituents is 3. The Morgan fingerprint density at radius 3 is 2.28 bits per heavy atom. The van der Waals surface area contributed by atoms with E-state index in [0.29, 0.717) is 30.9 Å². The number of ketones is 1. The SMILES string of the molecule is CC1(C)C2CCC1(C)C(OC(=O)C1CCCN1C(=O)C(CC(=O)C(O)Cc1ccc(O)c(O)c1)Cc1ccc(O)cc1)C2. The van der Waals surface area contributed by atoms with Gasteiger partial charge in [0.05, 0.1) is 0 Å². The van der Waals surface area contributed by atoms with Gasteiger partial charge in [-0.2, -0.15) is 0 Å². The number of fused-ring (bicyclic) bond motifs is 2. The Balaban J connectivity index is 1.30. The minimum absolute atomic E-state index is 0.0788. The number of hydrogen-bond acceptors (Lipinski definition) is 8.